The number of rotatable bonds is 12. The lowest BCUT2D eigenvalue weighted by Gasteiger charge is -2.19. The van der Waals surface area contributed by atoms with Gasteiger partial charge in [0.25, 0.3) is 0 Å². The monoisotopic (exact) mass is 499 g/mol. The molecule has 1 unspecified atom stereocenters. The molecule has 0 spiro atoms. The first-order valence-corrected chi connectivity index (χ1v) is 12.1. The molecule has 0 aromatic heterocycles. The molecule has 0 saturated heterocycles. The van der Waals surface area contributed by atoms with Gasteiger partial charge in [0, 0.05) is 12.1 Å². The Hall–Kier alpha value is -3.56. The minimum Gasteiger partial charge on any atom is -0.493 e. The van der Waals surface area contributed by atoms with Crippen LogP contribution in [0.2, 0.25) is 0 Å². The van der Waals surface area contributed by atoms with Gasteiger partial charge in [-0.1, -0.05) is 31.4 Å². The van der Waals surface area contributed by atoms with Gasteiger partial charge in [0.05, 0.1) is 25.0 Å². The fraction of sp³-hybridized carbons (Fsp3) is 0.269. The summed E-state index contributed by atoms with van der Waals surface area (Å²) in [6.07, 6.45) is 4.98. The SMILES string of the molecule is C=C/C=C(\C=C)S(=O)Oc1c(OC)ccc(CC(=O)NCCc2ccc3c(c2)OCCO3)c1CO. The lowest BCUT2D eigenvalue weighted by Crippen LogP contribution is -2.27. The van der Waals surface area contributed by atoms with E-state index in [0.29, 0.717) is 48.0 Å². The molecule has 1 heterocycles. The van der Waals surface area contributed by atoms with E-state index in [2.05, 4.69) is 18.5 Å². The first-order chi connectivity index (χ1) is 17.0. The standard InChI is InChI=1S/C26H29NO7S/c1-4-6-20(5-2)35(30)34-26-21(17-28)19(8-10-23(26)31-3)16-25(29)27-12-11-18-7-9-22-24(15-18)33-14-13-32-22/h4-10,15,28H,1-2,11-14,16-17H2,3H3,(H,27,29)/b20-6+. The summed E-state index contributed by atoms with van der Waals surface area (Å²) in [5.41, 5.74) is 1.87. The largest absolute Gasteiger partial charge is 0.493 e. The quantitative estimate of drug-likeness (QED) is 0.433. The maximum atomic E-state index is 12.6. The Labute approximate surface area is 207 Å². The molecular weight excluding hydrogens is 470 g/mol. The smallest absolute Gasteiger partial charge is 0.240 e. The molecule has 0 bridgehead atoms. The zero-order chi connectivity index (χ0) is 25.2. The number of hydrogen-bond acceptors (Lipinski definition) is 7. The number of carbonyl (C=O) groups excluding carboxylic acids is 1. The molecule has 1 aliphatic rings. The highest BCUT2D eigenvalue weighted by Crippen LogP contribution is 2.35. The predicted octanol–water partition coefficient (Wildman–Crippen LogP) is 3.16. The van der Waals surface area contributed by atoms with Crippen LogP contribution in [0.4, 0.5) is 0 Å². The average molecular weight is 500 g/mol. The van der Waals surface area contributed by atoms with Gasteiger partial charge in [-0.25, -0.2) is 4.21 Å². The van der Waals surface area contributed by atoms with Crippen molar-refractivity contribution in [3.05, 3.63) is 83.3 Å². The predicted molar refractivity (Wildman–Crippen MR) is 134 cm³/mol. The molecule has 9 heteroatoms. The molecule has 35 heavy (non-hydrogen) atoms. The van der Waals surface area contributed by atoms with E-state index < -0.39 is 17.7 Å². The van der Waals surface area contributed by atoms with Crippen LogP contribution in [0.1, 0.15) is 16.7 Å². The van der Waals surface area contributed by atoms with Crippen molar-refractivity contribution in [1.29, 1.82) is 0 Å². The van der Waals surface area contributed by atoms with Gasteiger partial charge in [-0.2, -0.15) is 0 Å². The number of methoxy groups -OCH3 is 1. The number of nitrogens with one attached hydrogen (secondary N) is 1. The molecule has 3 rings (SSSR count). The van der Waals surface area contributed by atoms with Gasteiger partial charge < -0.3 is 28.8 Å². The van der Waals surface area contributed by atoms with Crippen LogP contribution in [0.15, 0.2) is 66.6 Å². The highest BCUT2D eigenvalue weighted by atomic mass is 32.2. The molecule has 0 aliphatic carbocycles. The van der Waals surface area contributed by atoms with Crippen LogP contribution >= 0.6 is 0 Å². The van der Waals surface area contributed by atoms with Gasteiger partial charge >= 0.3 is 0 Å². The number of amides is 1. The maximum Gasteiger partial charge on any atom is 0.240 e. The summed E-state index contributed by atoms with van der Waals surface area (Å²) in [4.78, 5) is 12.9. The van der Waals surface area contributed by atoms with Crippen LogP contribution in [0.25, 0.3) is 0 Å². The Morgan fingerprint density at radius 1 is 1.20 bits per heavy atom. The van der Waals surface area contributed by atoms with Gasteiger partial charge in [0.2, 0.25) is 17.0 Å². The first-order valence-electron chi connectivity index (χ1n) is 11.0. The summed E-state index contributed by atoms with van der Waals surface area (Å²) in [7, 11) is 1.44. The summed E-state index contributed by atoms with van der Waals surface area (Å²) in [6.45, 7) is 8.24. The molecule has 2 aromatic carbocycles. The van der Waals surface area contributed by atoms with E-state index in [-0.39, 0.29) is 23.8 Å². The lowest BCUT2D eigenvalue weighted by molar-refractivity contribution is -0.120. The normalized spacial score (nSPS) is 13.5. The second kappa shape index (κ2) is 12.8. The second-order valence-corrected chi connectivity index (χ2v) is 8.58. The van der Waals surface area contributed by atoms with Crippen molar-refractivity contribution in [3.8, 4) is 23.0 Å². The fourth-order valence-corrected chi connectivity index (χ4v) is 4.27. The van der Waals surface area contributed by atoms with Gasteiger partial charge in [-0.15, -0.1) is 0 Å². The Bertz CT molecular complexity index is 1140. The molecule has 8 nitrogen and oxygen atoms in total. The van der Waals surface area contributed by atoms with Crippen molar-refractivity contribution in [2.24, 2.45) is 0 Å². The van der Waals surface area contributed by atoms with Crippen LogP contribution in [-0.4, -0.2) is 42.1 Å². The van der Waals surface area contributed by atoms with Crippen LogP contribution in [0.5, 0.6) is 23.0 Å². The molecule has 1 amide bonds. The summed E-state index contributed by atoms with van der Waals surface area (Å²) >= 11 is -1.92. The van der Waals surface area contributed by atoms with E-state index in [1.165, 1.54) is 25.3 Å². The second-order valence-electron chi connectivity index (χ2n) is 7.47. The molecule has 186 valence electrons. The lowest BCUT2D eigenvalue weighted by atomic mass is 10.0. The van der Waals surface area contributed by atoms with Crippen LogP contribution in [0.3, 0.4) is 0 Å². The van der Waals surface area contributed by atoms with E-state index in [1.807, 2.05) is 18.2 Å². The van der Waals surface area contributed by atoms with E-state index in [9.17, 15) is 14.1 Å². The molecule has 1 atom stereocenters. The minimum atomic E-state index is -1.92. The fourth-order valence-electron chi connectivity index (χ4n) is 3.49. The molecule has 0 saturated carbocycles. The van der Waals surface area contributed by atoms with E-state index >= 15 is 0 Å². The summed E-state index contributed by atoms with van der Waals surface area (Å²) in [5.74, 6) is 1.59. The number of carbonyl (C=O) groups is 1. The van der Waals surface area contributed by atoms with Crippen molar-refractivity contribution < 1.29 is 32.5 Å². The van der Waals surface area contributed by atoms with Crippen LogP contribution in [0, 0.1) is 0 Å². The van der Waals surface area contributed by atoms with Crippen molar-refractivity contribution in [3.63, 3.8) is 0 Å². The van der Waals surface area contributed by atoms with Gasteiger partial charge in [-0.05, 0) is 47.9 Å². The number of hydrogen-bond donors (Lipinski definition) is 2. The molecule has 2 N–H and O–H groups in total. The average Bonchev–Trinajstić information content (AvgIpc) is 2.87. The van der Waals surface area contributed by atoms with Crippen LogP contribution in [-0.2, 0) is 35.3 Å². The topological polar surface area (TPSA) is 103 Å². The zero-order valence-electron chi connectivity index (χ0n) is 19.6. The highest BCUT2D eigenvalue weighted by molar-refractivity contribution is 7.84. The minimum absolute atomic E-state index is 0.000827. The van der Waals surface area contributed by atoms with Crippen molar-refractivity contribution in [2.45, 2.75) is 19.4 Å². The number of allylic oxidation sites excluding steroid dienone is 3. The third kappa shape index (κ3) is 6.74. The number of aliphatic hydroxyl groups excluding tert-OH is 1. The van der Waals surface area contributed by atoms with Crippen LogP contribution < -0.4 is 23.7 Å². The van der Waals surface area contributed by atoms with Gasteiger partial charge in [0.1, 0.15) is 13.2 Å². The van der Waals surface area contributed by atoms with E-state index in [4.69, 9.17) is 18.4 Å². The number of aliphatic hydroxyl groups is 1. The summed E-state index contributed by atoms with van der Waals surface area (Å²) in [5, 5.41) is 12.9. The molecule has 0 fully saturated rings. The maximum absolute atomic E-state index is 12.6. The van der Waals surface area contributed by atoms with Crippen molar-refractivity contribution >= 4 is 17.0 Å². The third-order valence-electron chi connectivity index (χ3n) is 5.23. The molecular formula is C26H29NO7S. The molecule has 2 aromatic rings. The summed E-state index contributed by atoms with van der Waals surface area (Å²) < 4.78 is 34.7. The number of benzene rings is 2. The zero-order valence-corrected chi connectivity index (χ0v) is 20.4. The Balaban J connectivity index is 1.67. The molecule has 1 aliphatic heterocycles. The summed E-state index contributed by atoms with van der Waals surface area (Å²) in [6, 6.07) is 9.00. The van der Waals surface area contributed by atoms with E-state index in [0.717, 1.165) is 11.3 Å². The Morgan fingerprint density at radius 3 is 2.66 bits per heavy atom. The van der Waals surface area contributed by atoms with Crippen molar-refractivity contribution in [2.75, 3.05) is 26.9 Å². The highest BCUT2D eigenvalue weighted by Gasteiger charge is 2.20. The van der Waals surface area contributed by atoms with Gasteiger partial charge in [0.15, 0.2) is 23.0 Å². The molecule has 0 radical (unpaired) electrons. The third-order valence-corrected chi connectivity index (χ3v) is 6.23. The Kier molecular flexibility index (Phi) is 9.51. The Morgan fingerprint density at radius 2 is 1.97 bits per heavy atom. The number of ether oxygens (including phenoxy) is 3. The first kappa shape index (κ1) is 26.1. The van der Waals surface area contributed by atoms with E-state index in [1.54, 1.807) is 12.1 Å². The number of fused-ring (bicyclic) bond motifs is 1. The van der Waals surface area contributed by atoms with Crippen molar-refractivity contribution in [1.82, 2.24) is 5.32 Å². The van der Waals surface area contributed by atoms with Gasteiger partial charge in [-0.3, -0.25) is 4.79 Å².